The number of nitrogens with zero attached hydrogens (tertiary/aromatic N) is 4. The minimum absolute atomic E-state index is 0.0348. The minimum Gasteiger partial charge on any atom is -0.480 e. The maximum atomic E-state index is 13.1. The number of carboxylic acids is 1. The van der Waals surface area contributed by atoms with Gasteiger partial charge in [0.1, 0.15) is 11.9 Å². The topological polar surface area (TPSA) is 88.3 Å². The summed E-state index contributed by atoms with van der Waals surface area (Å²) in [5.74, 6) is 0.882. The molecule has 2 atom stereocenters. The lowest BCUT2D eigenvalue weighted by atomic mass is 9.81. The summed E-state index contributed by atoms with van der Waals surface area (Å²) in [6.45, 7) is 4.30. The summed E-state index contributed by atoms with van der Waals surface area (Å²) in [4.78, 5) is 26.4. The van der Waals surface area contributed by atoms with E-state index in [9.17, 15) is 14.7 Å². The van der Waals surface area contributed by atoms with Crippen molar-refractivity contribution >= 4 is 11.9 Å². The van der Waals surface area contributed by atoms with Gasteiger partial charge in [-0.25, -0.2) is 4.79 Å². The van der Waals surface area contributed by atoms with Crippen molar-refractivity contribution in [3.05, 3.63) is 11.6 Å². The quantitative estimate of drug-likeness (QED) is 0.882. The minimum atomic E-state index is -0.959. The van der Waals surface area contributed by atoms with E-state index >= 15 is 0 Å². The van der Waals surface area contributed by atoms with Crippen molar-refractivity contribution < 1.29 is 14.7 Å². The third-order valence-electron chi connectivity index (χ3n) is 5.81. The molecular weight excluding hydrogens is 320 g/mol. The van der Waals surface area contributed by atoms with E-state index < -0.39 is 12.0 Å². The monoisotopic (exact) mass is 348 g/mol. The van der Waals surface area contributed by atoms with Crippen LogP contribution in [0.15, 0.2) is 0 Å². The third-order valence-corrected chi connectivity index (χ3v) is 5.81. The first-order valence-corrected chi connectivity index (χ1v) is 9.43. The summed E-state index contributed by atoms with van der Waals surface area (Å²) in [6.07, 6.45) is 7.81. The molecule has 0 aromatic carbocycles. The molecule has 2 aliphatic rings. The fourth-order valence-corrected chi connectivity index (χ4v) is 4.26. The predicted octanol–water partition coefficient (Wildman–Crippen LogP) is 2.38. The van der Waals surface area contributed by atoms with Gasteiger partial charge in [-0.15, -0.1) is 10.2 Å². The lowest BCUT2D eigenvalue weighted by Crippen LogP contribution is -2.52. The van der Waals surface area contributed by atoms with Crippen molar-refractivity contribution in [3.8, 4) is 0 Å². The molecule has 2 heterocycles. The summed E-state index contributed by atoms with van der Waals surface area (Å²) in [6, 6.07) is -0.838. The zero-order valence-corrected chi connectivity index (χ0v) is 15.1. The largest absolute Gasteiger partial charge is 0.480 e. The fraction of sp³-hybridized carbons (Fsp3) is 0.778. The lowest BCUT2D eigenvalue weighted by molar-refractivity contribution is -0.155. The van der Waals surface area contributed by atoms with Crippen LogP contribution in [0, 0.1) is 18.8 Å². The summed E-state index contributed by atoms with van der Waals surface area (Å²) in [7, 11) is 0. The fourth-order valence-electron chi connectivity index (χ4n) is 4.26. The Morgan fingerprint density at radius 2 is 1.96 bits per heavy atom. The molecule has 7 heteroatoms. The van der Waals surface area contributed by atoms with Gasteiger partial charge in [-0.05, 0) is 25.7 Å². The molecule has 138 valence electrons. The van der Waals surface area contributed by atoms with Crippen molar-refractivity contribution in [1.29, 1.82) is 0 Å². The number of rotatable bonds is 5. The summed E-state index contributed by atoms with van der Waals surface area (Å²) >= 11 is 0. The van der Waals surface area contributed by atoms with Gasteiger partial charge in [-0.1, -0.05) is 39.0 Å². The van der Waals surface area contributed by atoms with Gasteiger partial charge in [0, 0.05) is 5.92 Å². The van der Waals surface area contributed by atoms with Crippen LogP contribution < -0.4 is 0 Å². The van der Waals surface area contributed by atoms with E-state index in [1.54, 1.807) is 0 Å². The second kappa shape index (κ2) is 7.54. The Morgan fingerprint density at radius 3 is 2.60 bits per heavy atom. The normalized spacial score (nSPS) is 22.5. The van der Waals surface area contributed by atoms with Crippen molar-refractivity contribution in [3.63, 3.8) is 0 Å². The second-order valence-electron chi connectivity index (χ2n) is 7.44. The Kier molecular flexibility index (Phi) is 5.39. The highest BCUT2D eigenvalue weighted by Crippen LogP contribution is 2.32. The first-order valence-electron chi connectivity index (χ1n) is 9.43. The summed E-state index contributed by atoms with van der Waals surface area (Å²) < 4.78 is 1.81. The SMILES string of the molecule is CCC(CC1CCCCC1)C(=O)N1Cc2nnc(C)n2CC1C(=O)O. The number of carbonyl (C=O) groups excluding carboxylic acids is 1. The number of carbonyl (C=O) groups is 2. The Hall–Kier alpha value is -1.92. The van der Waals surface area contributed by atoms with Crippen LogP contribution in [-0.2, 0) is 22.7 Å². The van der Waals surface area contributed by atoms with E-state index in [2.05, 4.69) is 10.2 Å². The lowest BCUT2D eigenvalue weighted by Gasteiger charge is -2.36. The maximum absolute atomic E-state index is 13.1. The molecule has 1 N–H and O–H groups in total. The summed E-state index contributed by atoms with van der Waals surface area (Å²) in [5, 5.41) is 17.8. The van der Waals surface area contributed by atoms with Gasteiger partial charge in [0.15, 0.2) is 5.82 Å². The Labute approximate surface area is 148 Å². The molecule has 0 bridgehead atoms. The molecule has 0 radical (unpaired) electrons. The standard InChI is InChI=1S/C18H28N4O3/c1-3-14(9-13-7-5-4-6-8-13)17(23)22-11-16-20-19-12(2)21(16)10-15(22)18(24)25/h13-15H,3-11H2,1-2H3,(H,24,25). The molecule has 0 saturated heterocycles. The van der Waals surface area contributed by atoms with Crippen molar-refractivity contribution in [1.82, 2.24) is 19.7 Å². The van der Waals surface area contributed by atoms with Gasteiger partial charge in [-0.2, -0.15) is 0 Å². The predicted molar refractivity (Wildman–Crippen MR) is 91.7 cm³/mol. The Balaban J connectivity index is 1.76. The molecule has 0 spiro atoms. The number of aliphatic carboxylic acids is 1. The van der Waals surface area contributed by atoms with Crippen molar-refractivity contribution in [2.45, 2.75) is 77.9 Å². The van der Waals surface area contributed by atoms with E-state index in [4.69, 9.17) is 0 Å². The third kappa shape index (κ3) is 3.70. The zero-order chi connectivity index (χ0) is 18.0. The number of fused-ring (bicyclic) bond motifs is 1. The van der Waals surface area contributed by atoms with Crippen LogP contribution in [0.25, 0.3) is 0 Å². The van der Waals surface area contributed by atoms with E-state index in [1.807, 2.05) is 18.4 Å². The number of aromatic nitrogens is 3. The molecule has 2 unspecified atom stereocenters. The molecule has 7 nitrogen and oxygen atoms in total. The molecule has 1 aliphatic heterocycles. The number of amides is 1. The molecule has 1 saturated carbocycles. The number of hydrogen-bond donors (Lipinski definition) is 1. The molecule has 1 fully saturated rings. The second-order valence-corrected chi connectivity index (χ2v) is 7.44. The maximum Gasteiger partial charge on any atom is 0.328 e. The molecule has 1 aromatic heterocycles. The van der Waals surface area contributed by atoms with Gasteiger partial charge in [-0.3, -0.25) is 4.79 Å². The van der Waals surface area contributed by atoms with Crippen LogP contribution in [0.4, 0.5) is 0 Å². The first kappa shape index (κ1) is 17.9. The van der Waals surface area contributed by atoms with Crippen molar-refractivity contribution in [2.75, 3.05) is 0 Å². The van der Waals surface area contributed by atoms with E-state index in [0.29, 0.717) is 17.6 Å². The number of aryl methyl sites for hydroxylation is 1. The molecule has 3 rings (SSSR count). The van der Waals surface area contributed by atoms with Crippen molar-refractivity contribution in [2.24, 2.45) is 11.8 Å². The average Bonchev–Trinajstić information content (AvgIpc) is 2.99. The van der Waals surface area contributed by atoms with Crippen LogP contribution in [0.2, 0.25) is 0 Å². The Bertz CT molecular complexity index is 636. The highest BCUT2D eigenvalue weighted by molar-refractivity contribution is 5.85. The molecule has 1 amide bonds. The van der Waals surface area contributed by atoms with E-state index in [0.717, 1.165) is 12.8 Å². The van der Waals surface area contributed by atoms with Crippen LogP contribution in [0.5, 0.6) is 0 Å². The molecule has 1 aliphatic carbocycles. The van der Waals surface area contributed by atoms with Gasteiger partial charge >= 0.3 is 5.97 Å². The summed E-state index contributed by atoms with van der Waals surface area (Å²) in [5.41, 5.74) is 0. The number of hydrogen-bond acceptors (Lipinski definition) is 4. The van der Waals surface area contributed by atoms with Gasteiger partial charge in [0.05, 0.1) is 13.1 Å². The smallest absolute Gasteiger partial charge is 0.328 e. The van der Waals surface area contributed by atoms with Crippen LogP contribution >= 0.6 is 0 Å². The van der Waals surface area contributed by atoms with Gasteiger partial charge in [0.25, 0.3) is 0 Å². The highest BCUT2D eigenvalue weighted by atomic mass is 16.4. The molecule has 25 heavy (non-hydrogen) atoms. The number of carboxylic acid groups (broad SMARTS) is 1. The highest BCUT2D eigenvalue weighted by Gasteiger charge is 2.39. The van der Waals surface area contributed by atoms with E-state index in [-0.39, 0.29) is 24.9 Å². The van der Waals surface area contributed by atoms with Gasteiger partial charge < -0.3 is 14.6 Å². The average molecular weight is 348 g/mol. The van der Waals surface area contributed by atoms with E-state index in [1.165, 1.54) is 37.0 Å². The molecular formula is C18H28N4O3. The molecule has 1 aromatic rings. The Morgan fingerprint density at radius 1 is 1.24 bits per heavy atom. The van der Waals surface area contributed by atoms with Crippen LogP contribution in [0.3, 0.4) is 0 Å². The van der Waals surface area contributed by atoms with Gasteiger partial charge in [0.2, 0.25) is 5.91 Å². The van der Waals surface area contributed by atoms with Crippen LogP contribution in [-0.4, -0.2) is 42.7 Å². The van der Waals surface area contributed by atoms with Crippen LogP contribution in [0.1, 0.15) is 63.5 Å². The first-order chi connectivity index (χ1) is 12.0. The zero-order valence-electron chi connectivity index (χ0n) is 15.1.